The van der Waals surface area contributed by atoms with Gasteiger partial charge in [-0.3, -0.25) is 0 Å². The standard InChI is InChI=1S/C25H30ClNO8/c1-12-16(22(28)31-6)18(19-20(30-5)21-24(33-19)35-25(3,4)34-21)17(23(29)32-7)13(2)27(12)15-10-8-14(26)9-11-15/h8-11,18-21,24H,1-7H3/t19-,20+,21-,24-/m0/s1. The fourth-order valence-corrected chi connectivity index (χ4v) is 5.33. The zero-order chi connectivity index (χ0) is 25.7. The number of allylic oxidation sites excluding steroid dienone is 2. The number of hydrogen-bond acceptors (Lipinski definition) is 9. The van der Waals surface area contributed by atoms with Crippen LogP contribution in [0.5, 0.6) is 0 Å². The average Bonchev–Trinajstić information content (AvgIpc) is 3.29. The van der Waals surface area contributed by atoms with Crippen LogP contribution in [0.2, 0.25) is 5.02 Å². The predicted molar refractivity (Wildman–Crippen MR) is 126 cm³/mol. The number of carbonyl (C=O) groups excluding carboxylic acids is 2. The smallest absolute Gasteiger partial charge is 0.336 e. The maximum Gasteiger partial charge on any atom is 0.336 e. The number of esters is 2. The van der Waals surface area contributed by atoms with E-state index in [-0.39, 0.29) is 11.1 Å². The number of anilines is 1. The minimum atomic E-state index is -0.858. The fourth-order valence-electron chi connectivity index (χ4n) is 5.20. The van der Waals surface area contributed by atoms with Crippen LogP contribution in [0.3, 0.4) is 0 Å². The van der Waals surface area contributed by atoms with Gasteiger partial charge in [-0.15, -0.1) is 0 Å². The molecule has 0 aromatic heterocycles. The number of nitrogens with zero attached hydrogens (tertiary/aromatic N) is 1. The molecule has 0 spiro atoms. The van der Waals surface area contributed by atoms with Gasteiger partial charge in [-0.25, -0.2) is 9.59 Å². The number of rotatable bonds is 5. The molecule has 4 atom stereocenters. The van der Waals surface area contributed by atoms with Crippen molar-refractivity contribution in [1.82, 2.24) is 0 Å². The molecule has 0 bridgehead atoms. The van der Waals surface area contributed by atoms with Crippen LogP contribution in [-0.4, -0.2) is 63.7 Å². The van der Waals surface area contributed by atoms with Crippen molar-refractivity contribution < 1.29 is 38.0 Å². The lowest BCUT2D eigenvalue weighted by molar-refractivity contribution is -0.220. The third-order valence-corrected chi connectivity index (χ3v) is 6.85. The fraction of sp³-hybridized carbons (Fsp3) is 0.520. The quantitative estimate of drug-likeness (QED) is 0.554. The minimum absolute atomic E-state index is 0.250. The van der Waals surface area contributed by atoms with E-state index in [2.05, 4.69) is 0 Å². The molecule has 190 valence electrons. The first-order chi connectivity index (χ1) is 16.5. The molecule has 0 N–H and O–H groups in total. The molecule has 1 aromatic rings. The first-order valence-corrected chi connectivity index (χ1v) is 11.6. The van der Waals surface area contributed by atoms with Gasteiger partial charge in [-0.05, 0) is 52.0 Å². The highest BCUT2D eigenvalue weighted by Gasteiger charge is 2.59. The maximum absolute atomic E-state index is 13.2. The van der Waals surface area contributed by atoms with Crippen LogP contribution in [0.25, 0.3) is 0 Å². The van der Waals surface area contributed by atoms with Crippen molar-refractivity contribution in [3.8, 4) is 0 Å². The molecule has 4 rings (SSSR count). The van der Waals surface area contributed by atoms with E-state index < -0.39 is 48.2 Å². The van der Waals surface area contributed by atoms with Gasteiger partial charge in [-0.2, -0.15) is 0 Å². The number of methoxy groups -OCH3 is 3. The molecule has 0 radical (unpaired) electrons. The Morgan fingerprint density at radius 3 is 1.94 bits per heavy atom. The molecular formula is C25H30ClNO8. The number of halogens is 1. The van der Waals surface area contributed by atoms with Gasteiger partial charge in [-0.1, -0.05) is 11.6 Å². The van der Waals surface area contributed by atoms with Crippen LogP contribution in [0.1, 0.15) is 27.7 Å². The molecular weight excluding hydrogens is 478 g/mol. The van der Waals surface area contributed by atoms with E-state index in [1.165, 1.54) is 21.3 Å². The Kier molecular flexibility index (Phi) is 7.00. The molecule has 2 fully saturated rings. The van der Waals surface area contributed by atoms with E-state index in [4.69, 9.17) is 40.0 Å². The van der Waals surface area contributed by atoms with Crippen molar-refractivity contribution in [2.45, 2.75) is 58.1 Å². The summed E-state index contributed by atoms with van der Waals surface area (Å²) in [6, 6.07) is 7.07. The van der Waals surface area contributed by atoms with E-state index in [0.717, 1.165) is 0 Å². The first kappa shape index (κ1) is 25.7. The SMILES string of the molecule is COC(=O)C1=C(C)N(c2ccc(Cl)cc2)C(C)=C(C(=O)OC)C1[C@@H]1O[C@H]2OC(C)(C)O[C@H]2[C@@H]1OC. The molecule has 9 nitrogen and oxygen atoms in total. The Morgan fingerprint density at radius 2 is 1.46 bits per heavy atom. The Hall–Kier alpha value is -2.43. The Bertz CT molecular complexity index is 1040. The van der Waals surface area contributed by atoms with Crippen LogP contribution in [0, 0.1) is 5.92 Å². The third kappa shape index (κ3) is 4.36. The maximum atomic E-state index is 13.2. The first-order valence-electron chi connectivity index (χ1n) is 11.2. The minimum Gasteiger partial charge on any atom is -0.466 e. The summed E-state index contributed by atoms with van der Waals surface area (Å²) in [6.45, 7) is 7.15. The van der Waals surface area contributed by atoms with Gasteiger partial charge in [0.25, 0.3) is 0 Å². The van der Waals surface area contributed by atoms with Gasteiger partial charge in [0.05, 0.1) is 31.3 Å². The van der Waals surface area contributed by atoms with Crippen molar-refractivity contribution in [1.29, 1.82) is 0 Å². The monoisotopic (exact) mass is 507 g/mol. The summed E-state index contributed by atoms with van der Waals surface area (Å²) in [6.07, 6.45) is -2.69. The molecule has 3 aliphatic rings. The highest BCUT2D eigenvalue weighted by molar-refractivity contribution is 6.30. The zero-order valence-electron chi connectivity index (χ0n) is 20.8. The largest absolute Gasteiger partial charge is 0.466 e. The van der Waals surface area contributed by atoms with Crippen molar-refractivity contribution in [2.75, 3.05) is 26.2 Å². The molecule has 0 aliphatic carbocycles. The second-order valence-electron chi connectivity index (χ2n) is 9.04. The van der Waals surface area contributed by atoms with Crippen molar-refractivity contribution in [3.05, 3.63) is 51.8 Å². The molecule has 0 unspecified atom stereocenters. The van der Waals surface area contributed by atoms with Gasteiger partial charge in [0, 0.05) is 29.2 Å². The average molecular weight is 508 g/mol. The van der Waals surface area contributed by atoms with Gasteiger partial charge < -0.3 is 33.3 Å². The summed E-state index contributed by atoms with van der Waals surface area (Å²) in [5.41, 5.74) is 2.37. The summed E-state index contributed by atoms with van der Waals surface area (Å²) < 4.78 is 34.4. The van der Waals surface area contributed by atoms with Crippen LogP contribution < -0.4 is 4.90 Å². The number of hydrogen-bond donors (Lipinski definition) is 0. The third-order valence-electron chi connectivity index (χ3n) is 6.60. The Balaban J connectivity index is 1.88. The van der Waals surface area contributed by atoms with Gasteiger partial charge in [0.1, 0.15) is 18.3 Å². The van der Waals surface area contributed by atoms with Gasteiger partial charge in [0.15, 0.2) is 12.1 Å². The molecule has 0 saturated carbocycles. The van der Waals surface area contributed by atoms with Crippen molar-refractivity contribution in [2.24, 2.45) is 5.92 Å². The topological polar surface area (TPSA) is 92.8 Å². The summed E-state index contributed by atoms with van der Waals surface area (Å²) in [4.78, 5) is 28.2. The van der Waals surface area contributed by atoms with E-state index >= 15 is 0 Å². The van der Waals surface area contributed by atoms with Crippen molar-refractivity contribution in [3.63, 3.8) is 0 Å². The normalized spacial score (nSPS) is 28.4. The van der Waals surface area contributed by atoms with Crippen LogP contribution in [0.4, 0.5) is 5.69 Å². The number of ether oxygens (including phenoxy) is 6. The van der Waals surface area contributed by atoms with Crippen molar-refractivity contribution >= 4 is 29.2 Å². The van der Waals surface area contributed by atoms with Gasteiger partial charge >= 0.3 is 11.9 Å². The Labute approximate surface area is 209 Å². The molecule has 1 aromatic carbocycles. The number of benzene rings is 1. The number of fused-ring (bicyclic) bond motifs is 1. The summed E-state index contributed by atoms with van der Waals surface area (Å²) in [5.74, 6) is -2.91. The lowest BCUT2D eigenvalue weighted by Gasteiger charge is -2.40. The number of carbonyl (C=O) groups is 2. The second kappa shape index (κ2) is 9.55. The highest BCUT2D eigenvalue weighted by atomic mass is 35.5. The van der Waals surface area contributed by atoms with E-state index in [1.807, 2.05) is 0 Å². The van der Waals surface area contributed by atoms with Crippen LogP contribution in [-0.2, 0) is 38.0 Å². The zero-order valence-corrected chi connectivity index (χ0v) is 21.5. The lowest BCUT2D eigenvalue weighted by Crippen LogP contribution is -2.46. The highest BCUT2D eigenvalue weighted by Crippen LogP contribution is 2.48. The summed E-state index contributed by atoms with van der Waals surface area (Å²) in [5, 5.41) is 0.560. The lowest BCUT2D eigenvalue weighted by atomic mass is 9.78. The van der Waals surface area contributed by atoms with E-state index in [1.54, 1.807) is 56.9 Å². The predicted octanol–water partition coefficient (Wildman–Crippen LogP) is 3.56. The summed E-state index contributed by atoms with van der Waals surface area (Å²) in [7, 11) is 4.12. The van der Waals surface area contributed by atoms with E-state index in [0.29, 0.717) is 22.1 Å². The molecule has 10 heteroatoms. The van der Waals surface area contributed by atoms with E-state index in [9.17, 15) is 9.59 Å². The molecule has 3 aliphatic heterocycles. The second-order valence-corrected chi connectivity index (χ2v) is 9.48. The molecule has 3 heterocycles. The molecule has 35 heavy (non-hydrogen) atoms. The summed E-state index contributed by atoms with van der Waals surface area (Å²) >= 11 is 6.09. The molecule has 0 amide bonds. The van der Waals surface area contributed by atoms with Crippen LogP contribution >= 0.6 is 11.6 Å². The van der Waals surface area contributed by atoms with Crippen LogP contribution in [0.15, 0.2) is 46.8 Å². The van der Waals surface area contributed by atoms with Gasteiger partial charge in [0.2, 0.25) is 0 Å². The molecule has 2 saturated heterocycles. The Morgan fingerprint density at radius 1 is 0.914 bits per heavy atom.